The average molecular weight is 282 g/mol. The summed E-state index contributed by atoms with van der Waals surface area (Å²) in [5, 5.41) is 3.03. The molecule has 21 heavy (non-hydrogen) atoms. The van der Waals surface area contributed by atoms with Crippen LogP contribution >= 0.6 is 0 Å². The summed E-state index contributed by atoms with van der Waals surface area (Å²) in [5.74, 6) is -0.144. The van der Waals surface area contributed by atoms with E-state index >= 15 is 0 Å². The lowest BCUT2D eigenvalue weighted by atomic mass is 10.2. The van der Waals surface area contributed by atoms with E-state index in [1.807, 2.05) is 6.07 Å². The van der Waals surface area contributed by atoms with Crippen molar-refractivity contribution in [3.8, 4) is 0 Å². The normalized spacial score (nSPS) is 18.6. The van der Waals surface area contributed by atoms with Gasteiger partial charge in [0.25, 0.3) is 5.91 Å². The summed E-state index contributed by atoms with van der Waals surface area (Å²) < 4.78 is 0. The van der Waals surface area contributed by atoms with Gasteiger partial charge in [-0.1, -0.05) is 30.3 Å². The molecule has 5 nitrogen and oxygen atoms in total. The number of likely N-dealkylation sites (tertiary alicyclic amines) is 1. The molecule has 1 aliphatic rings. The Labute approximate surface area is 124 Å². The number of aromatic nitrogens is 2. The first-order valence-corrected chi connectivity index (χ1v) is 7.14. The van der Waals surface area contributed by atoms with Crippen molar-refractivity contribution < 1.29 is 4.79 Å². The van der Waals surface area contributed by atoms with Crippen molar-refractivity contribution >= 4 is 5.91 Å². The van der Waals surface area contributed by atoms with Gasteiger partial charge >= 0.3 is 0 Å². The predicted octanol–water partition coefficient (Wildman–Crippen LogP) is 1.48. The topological polar surface area (TPSA) is 58.1 Å². The van der Waals surface area contributed by atoms with Crippen molar-refractivity contribution in [3.05, 3.63) is 60.2 Å². The van der Waals surface area contributed by atoms with Gasteiger partial charge in [-0.3, -0.25) is 14.7 Å². The van der Waals surface area contributed by atoms with Crippen LogP contribution in [0.3, 0.4) is 0 Å². The minimum absolute atomic E-state index is 0.144. The lowest BCUT2D eigenvalue weighted by molar-refractivity contribution is 0.0932. The molecule has 1 unspecified atom stereocenters. The number of rotatable bonds is 4. The van der Waals surface area contributed by atoms with Gasteiger partial charge in [0.2, 0.25) is 0 Å². The van der Waals surface area contributed by atoms with Crippen LogP contribution in [0.5, 0.6) is 0 Å². The molecule has 2 heterocycles. The van der Waals surface area contributed by atoms with Crippen molar-refractivity contribution in [1.82, 2.24) is 20.2 Å². The first-order valence-electron chi connectivity index (χ1n) is 7.14. The molecule has 108 valence electrons. The molecule has 0 bridgehead atoms. The van der Waals surface area contributed by atoms with E-state index in [1.165, 1.54) is 18.0 Å². The first-order chi connectivity index (χ1) is 10.3. The molecule has 1 atom stereocenters. The minimum atomic E-state index is -0.144. The smallest absolute Gasteiger partial charge is 0.271 e. The lowest BCUT2D eigenvalue weighted by Gasteiger charge is -2.16. The second-order valence-corrected chi connectivity index (χ2v) is 5.27. The number of nitrogens with zero attached hydrogens (tertiary/aromatic N) is 3. The maximum atomic E-state index is 12.0. The molecule has 1 fully saturated rings. The highest BCUT2D eigenvalue weighted by atomic mass is 16.2. The van der Waals surface area contributed by atoms with Gasteiger partial charge in [-0.2, -0.15) is 0 Å². The summed E-state index contributed by atoms with van der Waals surface area (Å²) in [4.78, 5) is 22.3. The highest BCUT2D eigenvalue weighted by molar-refractivity contribution is 5.92. The van der Waals surface area contributed by atoms with Gasteiger partial charge in [-0.25, -0.2) is 4.98 Å². The van der Waals surface area contributed by atoms with Crippen LogP contribution in [0.4, 0.5) is 0 Å². The summed E-state index contributed by atoms with van der Waals surface area (Å²) in [5.41, 5.74) is 1.68. The van der Waals surface area contributed by atoms with E-state index in [9.17, 15) is 4.79 Å². The van der Waals surface area contributed by atoms with Crippen LogP contribution in [0.2, 0.25) is 0 Å². The van der Waals surface area contributed by atoms with Crippen LogP contribution in [0, 0.1) is 0 Å². The molecule has 1 amide bonds. The number of nitrogens with one attached hydrogen (secondary N) is 1. The van der Waals surface area contributed by atoms with E-state index in [0.29, 0.717) is 5.69 Å². The molecular weight excluding hydrogens is 264 g/mol. The third-order valence-corrected chi connectivity index (χ3v) is 3.65. The van der Waals surface area contributed by atoms with Gasteiger partial charge in [0.15, 0.2) is 0 Å². The van der Waals surface area contributed by atoms with Crippen molar-refractivity contribution in [3.63, 3.8) is 0 Å². The van der Waals surface area contributed by atoms with Crippen LogP contribution < -0.4 is 5.32 Å². The fourth-order valence-electron chi connectivity index (χ4n) is 2.61. The molecule has 0 radical (unpaired) electrons. The fourth-order valence-corrected chi connectivity index (χ4v) is 2.61. The molecule has 1 aliphatic heterocycles. The van der Waals surface area contributed by atoms with E-state index in [2.05, 4.69) is 44.5 Å². The molecule has 5 heteroatoms. The van der Waals surface area contributed by atoms with Gasteiger partial charge in [-0.05, 0) is 12.0 Å². The van der Waals surface area contributed by atoms with Gasteiger partial charge in [0.1, 0.15) is 5.69 Å². The average Bonchev–Trinajstić information content (AvgIpc) is 2.96. The van der Waals surface area contributed by atoms with Crippen molar-refractivity contribution in [1.29, 1.82) is 0 Å². The third kappa shape index (κ3) is 3.64. The minimum Gasteiger partial charge on any atom is -0.347 e. The highest BCUT2D eigenvalue weighted by Gasteiger charge is 2.24. The molecule has 1 aromatic carbocycles. The Morgan fingerprint density at radius 3 is 2.90 bits per heavy atom. The lowest BCUT2D eigenvalue weighted by Crippen LogP contribution is -2.37. The standard InChI is InChI=1S/C16H18N4O/c21-16(15-10-17-7-8-18-15)19-14-6-9-20(12-14)11-13-4-2-1-3-5-13/h1-5,7-8,10,14H,6,9,11-12H2,(H,19,21). The van der Waals surface area contributed by atoms with Crippen LogP contribution in [-0.2, 0) is 6.54 Å². The Morgan fingerprint density at radius 2 is 2.14 bits per heavy atom. The van der Waals surface area contributed by atoms with Gasteiger partial charge < -0.3 is 5.32 Å². The van der Waals surface area contributed by atoms with Crippen LogP contribution in [0.1, 0.15) is 22.5 Å². The zero-order valence-corrected chi connectivity index (χ0v) is 11.8. The Balaban J connectivity index is 1.52. The SMILES string of the molecule is O=C(NC1CCN(Cc2ccccc2)C1)c1cnccn1. The molecular formula is C16H18N4O. The summed E-state index contributed by atoms with van der Waals surface area (Å²) in [6, 6.07) is 10.6. The number of benzene rings is 1. The second kappa shape index (κ2) is 6.45. The maximum absolute atomic E-state index is 12.0. The van der Waals surface area contributed by atoms with E-state index in [-0.39, 0.29) is 11.9 Å². The summed E-state index contributed by atoms with van der Waals surface area (Å²) in [6.45, 7) is 2.81. The molecule has 2 aromatic rings. The highest BCUT2D eigenvalue weighted by Crippen LogP contribution is 2.13. The molecule has 1 N–H and O–H groups in total. The number of amides is 1. The number of carbonyl (C=O) groups is 1. The summed E-state index contributed by atoms with van der Waals surface area (Å²) in [7, 11) is 0. The van der Waals surface area contributed by atoms with Crippen molar-refractivity contribution in [2.45, 2.75) is 19.0 Å². The molecule has 0 saturated carbocycles. The third-order valence-electron chi connectivity index (χ3n) is 3.65. The fraction of sp³-hybridized carbons (Fsp3) is 0.312. The molecule has 1 aromatic heterocycles. The van der Waals surface area contributed by atoms with Crippen molar-refractivity contribution in [2.75, 3.05) is 13.1 Å². The quantitative estimate of drug-likeness (QED) is 0.923. The van der Waals surface area contributed by atoms with Gasteiger partial charge in [0.05, 0.1) is 6.20 Å². The van der Waals surface area contributed by atoms with E-state index in [4.69, 9.17) is 0 Å². The second-order valence-electron chi connectivity index (χ2n) is 5.27. The Hall–Kier alpha value is -2.27. The van der Waals surface area contributed by atoms with E-state index in [1.54, 1.807) is 6.20 Å². The largest absolute Gasteiger partial charge is 0.347 e. The van der Waals surface area contributed by atoms with Gasteiger partial charge in [0, 0.05) is 38.1 Å². The number of hydrogen-bond donors (Lipinski definition) is 1. The van der Waals surface area contributed by atoms with Crippen LogP contribution in [-0.4, -0.2) is 39.9 Å². The molecule has 1 saturated heterocycles. The summed E-state index contributed by atoms with van der Waals surface area (Å²) in [6.07, 6.45) is 5.56. The number of hydrogen-bond acceptors (Lipinski definition) is 4. The zero-order valence-electron chi connectivity index (χ0n) is 11.8. The number of carbonyl (C=O) groups excluding carboxylic acids is 1. The van der Waals surface area contributed by atoms with Crippen LogP contribution in [0.25, 0.3) is 0 Å². The predicted molar refractivity (Wildman–Crippen MR) is 79.6 cm³/mol. The summed E-state index contributed by atoms with van der Waals surface area (Å²) >= 11 is 0. The van der Waals surface area contributed by atoms with Crippen molar-refractivity contribution in [2.24, 2.45) is 0 Å². The molecule has 0 spiro atoms. The first kappa shape index (κ1) is 13.7. The Kier molecular flexibility index (Phi) is 4.21. The zero-order chi connectivity index (χ0) is 14.5. The van der Waals surface area contributed by atoms with E-state index < -0.39 is 0 Å². The molecule has 3 rings (SSSR count). The Morgan fingerprint density at radius 1 is 1.29 bits per heavy atom. The van der Waals surface area contributed by atoms with E-state index in [0.717, 1.165) is 26.1 Å². The maximum Gasteiger partial charge on any atom is 0.271 e. The Bertz CT molecular complexity index is 588. The molecule has 0 aliphatic carbocycles. The van der Waals surface area contributed by atoms with Crippen LogP contribution in [0.15, 0.2) is 48.9 Å². The monoisotopic (exact) mass is 282 g/mol. The van der Waals surface area contributed by atoms with Gasteiger partial charge in [-0.15, -0.1) is 0 Å².